The molecular weight excluding hydrogens is 466 g/mol. The number of aromatic hydroxyl groups is 1. The molecule has 1 amide bonds. The van der Waals surface area contributed by atoms with E-state index in [9.17, 15) is 34.8 Å². The number of carbonyl (C=O) groups is 3. The molecule has 2 aromatic rings. The number of amides is 1. The van der Waals surface area contributed by atoms with Crippen LogP contribution in [-0.4, -0.2) is 62.6 Å². The zero-order valence-corrected chi connectivity index (χ0v) is 19.6. The smallest absolute Gasteiger partial charge is 0.255 e. The topological polar surface area (TPSA) is 174 Å². The number of phenols is 1. The standard InChI is InChI=1S/C26H25N3O7/c1-29(2)16-10-13(15-5-3-4-6-28-15)14-8-11-7-12-9-17(30)20(25(27)35)24(34)26(12,36)23(33)18(11)22(32)19(14)21(16)31/h3-6,10-12,30-31,33,36H,7-9H2,1-2H3,(H2,27,35)/t11-,12+,26+/m1/s1. The molecule has 3 aliphatic carbocycles. The lowest BCUT2D eigenvalue weighted by atomic mass is 9.60. The summed E-state index contributed by atoms with van der Waals surface area (Å²) in [6.07, 6.45) is 1.63. The Balaban J connectivity index is 1.74. The first-order chi connectivity index (χ1) is 17.0. The van der Waals surface area contributed by atoms with Crippen molar-refractivity contribution in [3.05, 3.63) is 64.3 Å². The number of Topliss-reactive ketones (excluding diaryl/α,β-unsaturated/α-hetero) is 2. The summed E-state index contributed by atoms with van der Waals surface area (Å²) in [6.45, 7) is 0. The summed E-state index contributed by atoms with van der Waals surface area (Å²) < 4.78 is 0. The number of anilines is 1. The van der Waals surface area contributed by atoms with Crippen molar-refractivity contribution in [2.24, 2.45) is 17.6 Å². The molecule has 10 heteroatoms. The molecular formula is C26H25N3O7. The fraction of sp³-hybridized carbons (Fsp3) is 0.308. The molecule has 6 N–H and O–H groups in total. The predicted octanol–water partition coefficient (Wildman–Crippen LogP) is 1.71. The molecule has 0 unspecified atom stereocenters. The Morgan fingerprint density at radius 1 is 1.17 bits per heavy atom. The number of hydrogen-bond donors (Lipinski definition) is 5. The second-order valence-electron chi connectivity index (χ2n) is 9.67. The van der Waals surface area contributed by atoms with Crippen molar-refractivity contribution in [3.8, 4) is 17.0 Å². The zero-order chi connectivity index (χ0) is 26.1. The third-order valence-corrected chi connectivity index (χ3v) is 7.46. The van der Waals surface area contributed by atoms with Crippen LogP contribution in [0, 0.1) is 11.8 Å². The summed E-state index contributed by atoms with van der Waals surface area (Å²) in [6, 6.07) is 7.09. The van der Waals surface area contributed by atoms with Crippen molar-refractivity contribution in [2.75, 3.05) is 19.0 Å². The second-order valence-corrected chi connectivity index (χ2v) is 9.67. The highest BCUT2D eigenvalue weighted by Gasteiger charge is 2.59. The van der Waals surface area contributed by atoms with Crippen LogP contribution in [0.15, 0.2) is 53.1 Å². The average Bonchev–Trinajstić information content (AvgIpc) is 2.81. The number of ketones is 2. The molecule has 0 radical (unpaired) electrons. The number of aliphatic hydroxyl groups is 3. The van der Waals surface area contributed by atoms with Crippen LogP contribution in [0.4, 0.5) is 5.69 Å². The third-order valence-electron chi connectivity index (χ3n) is 7.46. The highest BCUT2D eigenvalue weighted by Crippen LogP contribution is 2.53. The SMILES string of the molecule is CN(C)c1cc(-c2ccccn2)c2c(c1O)C(=O)C1=C(O)[C@]3(O)C(=O)C(C(N)=O)=C(O)C[C@@H]3C[C@@H]1C2. The summed E-state index contributed by atoms with van der Waals surface area (Å²) in [5.41, 5.74) is 3.73. The molecule has 1 aromatic heterocycles. The van der Waals surface area contributed by atoms with Gasteiger partial charge in [-0.05, 0) is 42.5 Å². The summed E-state index contributed by atoms with van der Waals surface area (Å²) in [4.78, 5) is 44.8. The van der Waals surface area contributed by atoms with Gasteiger partial charge >= 0.3 is 0 Å². The van der Waals surface area contributed by atoms with Crippen LogP contribution in [0.25, 0.3) is 11.3 Å². The monoisotopic (exact) mass is 491 g/mol. The van der Waals surface area contributed by atoms with E-state index in [1.807, 2.05) is 0 Å². The molecule has 0 saturated heterocycles. The van der Waals surface area contributed by atoms with E-state index in [4.69, 9.17) is 5.73 Å². The van der Waals surface area contributed by atoms with Gasteiger partial charge < -0.3 is 31.1 Å². The van der Waals surface area contributed by atoms with E-state index in [1.54, 1.807) is 49.5 Å². The van der Waals surface area contributed by atoms with E-state index in [1.165, 1.54) is 0 Å². The Bertz CT molecular complexity index is 1410. The van der Waals surface area contributed by atoms with Gasteiger partial charge in [-0.15, -0.1) is 0 Å². The molecule has 1 aromatic carbocycles. The van der Waals surface area contributed by atoms with E-state index in [0.29, 0.717) is 22.5 Å². The number of benzene rings is 1. The number of aliphatic hydroxyl groups excluding tert-OH is 2. The molecule has 5 rings (SSSR count). The Labute approximate surface area is 206 Å². The average molecular weight is 492 g/mol. The van der Waals surface area contributed by atoms with Crippen LogP contribution in [0.1, 0.15) is 28.8 Å². The number of nitrogens with two attached hydrogens (primary N) is 1. The van der Waals surface area contributed by atoms with E-state index < -0.39 is 52.0 Å². The zero-order valence-electron chi connectivity index (χ0n) is 19.6. The van der Waals surface area contributed by atoms with Crippen molar-refractivity contribution >= 4 is 23.2 Å². The lowest BCUT2D eigenvalue weighted by Crippen LogP contribution is -2.57. The van der Waals surface area contributed by atoms with Crippen molar-refractivity contribution in [1.82, 2.24) is 4.98 Å². The molecule has 0 saturated carbocycles. The van der Waals surface area contributed by atoms with Gasteiger partial charge in [0.2, 0.25) is 5.78 Å². The molecule has 36 heavy (non-hydrogen) atoms. The highest BCUT2D eigenvalue weighted by atomic mass is 16.3. The van der Waals surface area contributed by atoms with Gasteiger partial charge in [-0.3, -0.25) is 19.4 Å². The molecule has 0 aliphatic heterocycles. The van der Waals surface area contributed by atoms with Crippen molar-refractivity contribution in [2.45, 2.75) is 24.9 Å². The number of nitrogens with zero attached hydrogens (tertiary/aromatic N) is 2. The number of fused-ring (bicyclic) bond motifs is 3. The number of hydrogen-bond acceptors (Lipinski definition) is 9. The molecule has 0 fully saturated rings. The Morgan fingerprint density at radius 3 is 2.50 bits per heavy atom. The van der Waals surface area contributed by atoms with Gasteiger partial charge in [0.05, 0.1) is 16.9 Å². The Hall–Kier alpha value is -4.18. The number of carbonyl (C=O) groups excluding carboxylic acids is 3. The predicted molar refractivity (Wildman–Crippen MR) is 128 cm³/mol. The number of aromatic nitrogens is 1. The van der Waals surface area contributed by atoms with E-state index in [-0.39, 0.29) is 36.1 Å². The van der Waals surface area contributed by atoms with Crippen LogP contribution in [0.3, 0.4) is 0 Å². The lowest BCUT2D eigenvalue weighted by molar-refractivity contribution is -0.144. The fourth-order valence-corrected chi connectivity index (χ4v) is 5.76. The van der Waals surface area contributed by atoms with Crippen molar-refractivity contribution in [3.63, 3.8) is 0 Å². The number of allylic oxidation sites excluding steroid dienone is 2. The molecule has 186 valence electrons. The maximum atomic E-state index is 13.9. The van der Waals surface area contributed by atoms with Crippen LogP contribution >= 0.6 is 0 Å². The minimum Gasteiger partial charge on any atom is -0.511 e. The molecule has 0 spiro atoms. The largest absolute Gasteiger partial charge is 0.511 e. The number of phenolic OH excluding ortho intramolecular Hbond substituents is 1. The minimum absolute atomic E-state index is 0.0431. The first-order valence-corrected chi connectivity index (χ1v) is 11.4. The number of primary amides is 1. The van der Waals surface area contributed by atoms with Gasteiger partial charge in [0.1, 0.15) is 22.8 Å². The maximum absolute atomic E-state index is 13.9. The number of pyridine rings is 1. The van der Waals surface area contributed by atoms with Crippen LogP contribution < -0.4 is 10.6 Å². The first-order valence-electron chi connectivity index (χ1n) is 11.4. The fourth-order valence-electron chi connectivity index (χ4n) is 5.76. The summed E-state index contributed by atoms with van der Waals surface area (Å²) in [7, 11) is 3.41. The van der Waals surface area contributed by atoms with Gasteiger partial charge in [0, 0.05) is 43.8 Å². The van der Waals surface area contributed by atoms with Crippen LogP contribution in [-0.2, 0) is 16.0 Å². The Kier molecular flexibility index (Phi) is 5.18. The normalized spacial score (nSPS) is 25.3. The molecule has 3 aliphatic rings. The van der Waals surface area contributed by atoms with Gasteiger partial charge in [-0.2, -0.15) is 0 Å². The summed E-state index contributed by atoms with van der Waals surface area (Å²) >= 11 is 0. The van der Waals surface area contributed by atoms with E-state index >= 15 is 0 Å². The highest BCUT2D eigenvalue weighted by molar-refractivity contribution is 6.24. The second kappa shape index (κ2) is 7.92. The first kappa shape index (κ1) is 23.6. The lowest BCUT2D eigenvalue weighted by Gasteiger charge is -2.45. The van der Waals surface area contributed by atoms with Gasteiger partial charge in [-0.1, -0.05) is 6.07 Å². The van der Waals surface area contributed by atoms with Crippen LogP contribution in [0.5, 0.6) is 5.75 Å². The third kappa shape index (κ3) is 3.07. The molecule has 3 atom stereocenters. The van der Waals surface area contributed by atoms with Gasteiger partial charge in [0.25, 0.3) is 5.91 Å². The Morgan fingerprint density at radius 2 is 1.89 bits per heavy atom. The summed E-state index contributed by atoms with van der Waals surface area (Å²) in [5, 5.41) is 44.0. The van der Waals surface area contributed by atoms with Gasteiger partial charge in [-0.25, -0.2) is 0 Å². The summed E-state index contributed by atoms with van der Waals surface area (Å²) in [5.74, 6) is -6.52. The van der Waals surface area contributed by atoms with Gasteiger partial charge in [0.15, 0.2) is 11.4 Å². The molecule has 0 bridgehead atoms. The number of rotatable bonds is 3. The maximum Gasteiger partial charge on any atom is 0.255 e. The minimum atomic E-state index is -2.59. The van der Waals surface area contributed by atoms with Crippen LogP contribution in [0.2, 0.25) is 0 Å². The van der Waals surface area contributed by atoms with E-state index in [2.05, 4.69) is 4.98 Å². The van der Waals surface area contributed by atoms with Crippen molar-refractivity contribution < 1.29 is 34.8 Å². The van der Waals surface area contributed by atoms with E-state index in [0.717, 1.165) is 0 Å². The molecule has 1 heterocycles. The van der Waals surface area contributed by atoms with Crippen molar-refractivity contribution in [1.29, 1.82) is 0 Å². The quantitative estimate of drug-likeness (QED) is 0.400. The molecule has 10 nitrogen and oxygen atoms in total.